The number of H-pyrrole nitrogens is 1. The molecule has 0 saturated carbocycles. The summed E-state index contributed by atoms with van der Waals surface area (Å²) in [5, 5.41) is 13.6. The Labute approximate surface area is 491 Å². The molecule has 10 N–H and O–H groups in total. The number of nitrogen functional groups attached to an aromatic ring is 2. The van der Waals surface area contributed by atoms with Crippen LogP contribution in [0.15, 0.2) is 79.3 Å². The molecule has 1 atom stereocenters. The summed E-state index contributed by atoms with van der Waals surface area (Å²) < 4.78 is 50.5. The summed E-state index contributed by atoms with van der Waals surface area (Å²) in [7, 11) is 0. The molecule has 0 saturated heterocycles. The molecule has 0 radical (unpaired) electrons. The van der Waals surface area contributed by atoms with Gasteiger partial charge >= 0.3 is 12.0 Å². The third-order valence-electron chi connectivity index (χ3n) is 12.2. The molecule has 5 aromatic rings. The Morgan fingerprint density at radius 3 is 1.73 bits per heavy atom. The highest BCUT2D eigenvalue weighted by molar-refractivity contribution is 6.12. The van der Waals surface area contributed by atoms with Crippen LogP contribution in [0.2, 0.25) is 0 Å². The van der Waals surface area contributed by atoms with Gasteiger partial charge in [0.2, 0.25) is 29.5 Å². The van der Waals surface area contributed by atoms with Gasteiger partial charge < -0.3 is 85.7 Å². The van der Waals surface area contributed by atoms with Crippen LogP contribution in [0.3, 0.4) is 0 Å². The summed E-state index contributed by atoms with van der Waals surface area (Å²) in [5.41, 5.74) is 16.2. The van der Waals surface area contributed by atoms with Gasteiger partial charge in [0.15, 0.2) is 11.2 Å². The fourth-order valence-electron chi connectivity index (χ4n) is 7.76. The van der Waals surface area contributed by atoms with Crippen molar-refractivity contribution in [3.8, 4) is 11.9 Å². The zero-order valence-corrected chi connectivity index (χ0v) is 47.4. The van der Waals surface area contributed by atoms with E-state index in [2.05, 4.69) is 56.5 Å². The lowest BCUT2D eigenvalue weighted by molar-refractivity contribution is -0.137. The number of anilines is 2. The standard InChI is InChI=1S/C56H76N14O15/c57-45-15-16-62-56(67-45)85-38-43-7-5-40(6-8-43)35-63-55(76)61-19-23-79-26-29-80-28-25-78-22-18-60-52(75)44(66-46(71)4-2-1-3-20-70-48(73)13-14-49(70)74)34-47(72)59-17-21-77-24-27-81-30-31-82-32-33-83-36-41-9-11-42(12-10-41)37-84-53-50-51(65-39-64-50)68-54(58)69-53/h5-16,39,44H,1-4,17-38H2,(H,59,72)(H,60,75)(H,66,71)(H2,57,62,67)(H2,61,63,76)(H3,58,64,65,68,69). The molecular formula is C56H76N14O15. The molecule has 1 aliphatic heterocycles. The van der Waals surface area contributed by atoms with Crippen LogP contribution in [0.4, 0.5) is 16.6 Å². The average Bonchev–Trinajstić information content (AvgIpc) is 3.86. The number of aromatic amines is 1. The van der Waals surface area contributed by atoms with Crippen molar-refractivity contribution < 1.29 is 71.4 Å². The molecule has 7 amide bonds. The van der Waals surface area contributed by atoms with Gasteiger partial charge in [-0.3, -0.25) is 28.9 Å². The highest BCUT2D eigenvalue weighted by Gasteiger charge is 2.25. The van der Waals surface area contributed by atoms with Crippen LogP contribution in [0.1, 0.15) is 54.4 Å². The Hall–Kier alpha value is -8.45. The normalized spacial score (nSPS) is 12.4. The average molecular weight is 1190 g/mol. The topological polar surface area (TPSA) is 381 Å². The molecule has 29 heteroatoms. The third kappa shape index (κ3) is 26.3. The summed E-state index contributed by atoms with van der Waals surface area (Å²) in [4.78, 5) is 99.4. The highest BCUT2D eigenvalue weighted by Crippen LogP contribution is 2.21. The Morgan fingerprint density at radius 1 is 0.553 bits per heavy atom. The lowest BCUT2D eigenvalue weighted by Gasteiger charge is -2.19. The molecule has 1 unspecified atom stereocenters. The minimum atomic E-state index is -1.17. The number of carbonyl (C=O) groups excluding carboxylic acids is 6. The molecular weight excluding hydrogens is 1110 g/mol. The van der Waals surface area contributed by atoms with E-state index in [1.54, 1.807) is 6.07 Å². The van der Waals surface area contributed by atoms with Gasteiger partial charge in [-0.1, -0.05) is 55.0 Å². The largest absolute Gasteiger partial charge is 0.471 e. The molecule has 1 aliphatic rings. The number of fused-ring (bicyclic) bond motifs is 1. The van der Waals surface area contributed by atoms with Crippen LogP contribution in [-0.4, -0.2) is 188 Å². The number of ether oxygens (including phenoxy) is 9. The van der Waals surface area contributed by atoms with E-state index in [0.29, 0.717) is 108 Å². The van der Waals surface area contributed by atoms with E-state index in [-0.39, 0.29) is 115 Å². The Morgan fingerprint density at radius 2 is 1.11 bits per heavy atom. The van der Waals surface area contributed by atoms with Gasteiger partial charge in [-0.05, 0) is 41.2 Å². The Bertz CT molecular complexity index is 2850. The number of amides is 7. The molecule has 29 nitrogen and oxygen atoms in total. The number of aromatic nitrogens is 6. The SMILES string of the molecule is Nc1ccnc(OCc2ccc(CNC(=O)NCCOCCOCCOCCNC(=O)C(CC(=O)NCCOCCOCCOCCOCc3ccc(COc4nc(N)nc5[nH]cnc45)cc3)NC(=O)CCCCCN3C(=O)C=CC3=O)cc2)n1. The molecule has 0 aliphatic carbocycles. The first-order valence-corrected chi connectivity index (χ1v) is 27.9. The number of imidazole rings is 1. The number of unbranched alkanes of at least 4 members (excludes halogenated alkanes) is 2. The smallest absolute Gasteiger partial charge is 0.318 e. The van der Waals surface area contributed by atoms with E-state index < -0.39 is 23.8 Å². The van der Waals surface area contributed by atoms with Crippen LogP contribution in [-0.2, 0) is 83.5 Å². The molecule has 6 rings (SSSR count). The summed E-state index contributed by atoms with van der Waals surface area (Å²) in [5.74, 6) is -1.47. The van der Waals surface area contributed by atoms with Gasteiger partial charge in [0.25, 0.3) is 11.8 Å². The van der Waals surface area contributed by atoms with Gasteiger partial charge in [0, 0.05) is 57.5 Å². The van der Waals surface area contributed by atoms with Crippen LogP contribution in [0.25, 0.3) is 11.2 Å². The second-order valence-electron chi connectivity index (χ2n) is 18.7. The first kappa shape index (κ1) is 65.7. The predicted octanol–water partition coefficient (Wildman–Crippen LogP) is 1.17. The minimum Gasteiger partial charge on any atom is -0.471 e. The van der Waals surface area contributed by atoms with Gasteiger partial charge in [-0.2, -0.15) is 15.0 Å². The molecule has 4 heterocycles. The van der Waals surface area contributed by atoms with Crippen LogP contribution < -0.4 is 47.5 Å². The first-order chi connectivity index (χ1) is 41.5. The Kier molecular flexibility index (Phi) is 29.7. The fraction of sp³-hybridized carbons (Fsp3) is 0.482. The van der Waals surface area contributed by atoms with Gasteiger partial charge in [-0.25, -0.2) is 14.8 Å². The summed E-state index contributed by atoms with van der Waals surface area (Å²) in [6.07, 6.45) is 6.72. The van der Waals surface area contributed by atoms with Crippen molar-refractivity contribution in [2.75, 3.05) is 124 Å². The number of hydrogen-bond acceptors (Lipinski definition) is 22. The summed E-state index contributed by atoms with van der Waals surface area (Å²) in [6, 6.07) is 15.6. The highest BCUT2D eigenvalue weighted by atomic mass is 16.6. The fourth-order valence-corrected chi connectivity index (χ4v) is 7.76. The van der Waals surface area contributed by atoms with E-state index in [1.807, 2.05) is 48.5 Å². The van der Waals surface area contributed by atoms with Crippen LogP contribution >= 0.6 is 0 Å². The number of nitrogens with one attached hydrogen (secondary N) is 6. The maximum absolute atomic E-state index is 13.2. The molecule has 0 fully saturated rings. The second kappa shape index (κ2) is 38.4. The molecule has 0 bridgehead atoms. The monoisotopic (exact) mass is 1180 g/mol. The van der Waals surface area contributed by atoms with E-state index in [9.17, 15) is 28.8 Å². The lowest BCUT2D eigenvalue weighted by atomic mass is 10.1. The van der Waals surface area contributed by atoms with Crippen molar-refractivity contribution in [1.82, 2.24) is 61.4 Å². The quantitative estimate of drug-likeness (QED) is 0.0200. The van der Waals surface area contributed by atoms with E-state index in [4.69, 9.17) is 54.1 Å². The number of nitrogens with two attached hydrogens (primary N) is 2. The number of hydrogen-bond donors (Lipinski definition) is 8. The molecule has 460 valence electrons. The van der Waals surface area contributed by atoms with Gasteiger partial charge in [-0.15, -0.1) is 0 Å². The van der Waals surface area contributed by atoms with E-state index >= 15 is 0 Å². The summed E-state index contributed by atoms with van der Waals surface area (Å²) >= 11 is 0. The van der Waals surface area contributed by atoms with Crippen molar-refractivity contribution in [3.05, 3.63) is 102 Å². The summed E-state index contributed by atoms with van der Waals surface area (Å²) in [6.45, 7) is 5.95. The van der Waals surface area contributed by atoms with Crippen LogP contribution in [0.5, 0.6) is 11.9 Å². The number of imide groups is 1. The van der Waals surface area contributed by atoms with Gasteiger partial charge in [0.1, 0.15) is 25.1 Å². The van der Waals surface area contributed by atoms with Gasteiger partial charge in [0.05, 0.1) is 105 Å². The maximum atomic E-state index is 13.2. The van der Waals surface area contributed by atoms with Crippen molar-refractivity contribution in [2.24, 2.45) is 0 Å². The number of carbonyl (C=O) groups is 6. The zero-order valence-electron chi connectivity index (χ0n) is 47.4. The van der Waals surface area contributed by atoms with Crippen molar-refractivity contribution in [2.45, 2.75) is 64.5 Å². The Balaban J connectivity index is 0.742. The zero-order chi connectivity index (χ0) is 60.1. The van der Waals surface area contributed by atoms with E-state index in [0.717, 1.165) is 27.2 Å². The van der Waals surface area contributed by atoms with Crippen molar-refractivity contribution >= 4 is 58.5 Å². The predicted molar refractivity (Wildman–Crippen MR) is 306 cm³/mol. The molecule has 0 spiro atoms. The first-order valence-electron chi connectivity index (χ1n) is 27.9. The number of urea groups is 1. The third-order valence-corrected chi connectivity index (χ3v) is 12.2. The molecule has 85 heavy (non-hydrogen) atoms. The van der Waals surface area contributed by atoms with E-state index in [1.165, 1.54) is 24.7 Å². The number of rotatable bonds is 44. The van der Waals surface area contributed by atoms with Crippen molar-refractivity contribution in [3.63, 3.8) is 0 Å². The minimum absolute atomic E-state index is 0.0685. The second-order valence-corrected chi connectivity index (χ2v) is 18.7. The maximum Gasteiger partial charge on any atom is 0.318 e. The van der Waals surface area contributed by atoms with Crippen molar-refractivity contribution in [1.29, 1.82) is 0 Å². The number of nitrogens with zero attached hydrogens (tertiary/aromatic N) is 6. The number of benzene rings is 2. The van der Waals surface area contributed by atoms with Crippen LogP contribution in [0, 0.1) is 0 Å². The molecule has 3 aromatic heterocycles. The lowest BCUT2D eigenvalue weighted by Crippen LogP contribution is -2.49. The molecule has 2 aromatic carbocycles.